The highest BCUT2D eigenvalue weighted by molar-refractivity contribution is 6.02. The van der Waals surface area contributed by atoms with Crippen LogP contribution in [0.5, 0.6) is 5.75 Å². The van der Waals surface area contributed by atoms with E-state index in [9.17, 15) is 9.59 Å². The zero-order valence-electron chi connectivity index (χ0n) is 25.5. The van der Waals surface area contributed by atoms with E-state index in [2.05, 4.69) is 42.5 Å². The largest absolute Gasteiger partial charge is 0.494 e. The number of carbonyl (C=O) groups is 2. The van der Waals surface area contributed by atoms with E-state index in [1.54, 1.807) is 31.0 Å². The number of anilines is 6. The van der Waals surface area contributed by atoms with Crippen LogP contribution in [0.2, 0.25) is 0 Å². The molecule has 0 radical (unpaired) electrons. The predicted octanol–water partition coefficient (Wildman–Crippen LogP) is 4.46. The topological polar surface area (TPSA) is 139 Å². The van der Waals surface area contributed by atoms with E-state index in [1.807, 2.05) is 68.6 Å². The van der Waals surface area contributed by atoms with E-state index in [0.29, 0.717) is 29.4 Å². The summed E-state index contributed by atoms with van der Waals surface area (Å²) in [6, 6.07) is 12.9. The van der Waals surface area contributed by atoms with Crippen molar-refractivity contribution in [1.29, 1.82) is 0 Å². The van der Waals surface area contributed by atoms with Crippen molar-refractivity contribution in [2.75, 3.05) is 68.8 Å². The van der Waals surface area contributed by atoms with Crippen LogP contribution < -0.4 is 25.6 Å². The molecule has 4 aromatic rings. The van der Waals surface area contributed by atoms with Crippen LogP contribution in [0.25, 0.3) is 5.69 Å². The van der Waals surface area contributed by atoms with Crippen LogP contribution in [-0.4, -0.2) is 84.5 Å². The van der Waals surface area contributed by atoms with Gasteiger partial charge in [-0.3, -0.25) is 4.79 Å². The van der Waals surface area contributed by atoms with Crippen molar-refractivity contribution in [1.82, 2.24) is 24.6 Å². The first-order valence-electron chi connectivity index (χ1n) is 13.9. The van der Waals surface area contributed by atoms with Gasteiger partial charge >= 0.3 is 5.97 Å². The molecular formula is C31H37N9O4. The van der Waals surface area contributed by atoms with E-state index < -0.39 is 5.97 Å². The van der Waals surface area contributed by atoms with E-state index in [4.69, 9.17) is 9.47 Å². The Kier molecular flexibility index (Phi) is 10.5. The number of rotatable bonds is 14. The zero-order valence-corrected chi connectivity index (χ0v) is 25.5. The number of ether oxygens (including phenoxy) is 2. The third-order valence-corrected chi connectivity index (χ3v) is 6.49. The fraction of sp³-hybridized carbons (Fsp3) is 0.258. The minimum atomic E-state index is -0.574. The number of nitrogens with zero attached hydrogens (tertiary/aromatic N) is 6. The highest BCUT2D eigenvalue weighted by atomic mass is 16.5. The van der Waals surface area contributed by atoms with Crippen LogP contribution in [0.3, 0.4) is 0 Å². The summed E-state index contributed by atoms with van der Waals surface area (Å²) in [4.78, 5) is 38.3. The fourth-order valence-electron chi connectivity index (χ4n) is 4.24. The van der Waals surface area contributed by atoms with Crippen molar-refractivity contribution in [3.63, 3.8) is 0 Å². The molecule has 0 saturated carbocycles. The predicted molar refractivity (Wildman–Crippen MR) is 172 cm³/mol. The summed E-state index contributed by atoms with van der Waals surface area (Å²) in [6.45, 7) is 6.99. The van der Waals surface area contributed by atoms with Crippen molar-refractivity contribution < 1.29 is 19.1 Å². The van der Waals surface area contributed by atoms with Gasteiger partial charge in [0.05, 0.1) is 42.2 Å². The standard InChI is InChI=1S/C31H37N9O4/c1-7-28(41)34-23-18-24(27(43-6)19-26(23)39(5)17-16-38(3)4)36-31-32-20-21(30(42)44-8-2)29(37-31)35-22-12-9-10-13-25(22)40-15-11-14-33-40/h7,9-15,18-20H,1,8,16-17H2,2-6H3,(H,34,41)(H2,32,35,36,37). The molecule has 0 aliphatic rings. The summed E-state index contributed by atoms with van der Waals surface area (Å²) in [5.41, 5.74) is 3.33. The summed E-state index contributed by atoms with van der Waals surface area (Å²) in [5.74, 6) is -0.0502. The van der Waals surface area contributed by atoms with Crippen molar-refractivity contribution in [2.45, 2.75) is 6.92 Å². The molecule has 13 heteroatoms. The smallest absolute Gasteiger partial charge is 0.343 e. The summed E-state index contributed by atoms with van der Waals surface area (Å²) < 4.78 is 12.7. The summed E-state index contributed by atoms with van der Waals surface area (Å²) in [6.07, 6.45) is 6.09. The molecule has 4 rings (SSSR count). The first-order valence-corrected chi connectivity index (χ1v) is 13.9. The number of para-hydroxylation sites is 2. The average molecular weight is 600 g/mol. The van der Waals surface area contributed by atoms with Crippen LogP contribution in [0.4, 0.5) is 34.5 Å². The second-order valence-electron chi connectivity index (χ2n) is 9.88. The molecule has 0 aliphatic heterocycles. The van der Waals surface area contributed by atoms with E-state index in [-0.39, 0.29) is 29.8 Å². The zero-order chi connectivity index (χ0) is 31.6. The van der Waals surface area contributed by atoms with Gasteiger partial charge in [0.2, 0.25) is 11.9 Å². The van der Waals surface area contributed by atoms with E-state index in [0.717, 1.165) is 17.9 Å². The summed E-state index contributed by atoms with van der Waals surface area (Å²) in [7, 11) is 7.48. The molecule has 1 amide bonds. The number of esters is 1. The Morgan fingerprint density at radius 3 is 2.52 bits per heavy atom. The lowest BCUT2D eigenvalue weighted by Crippen LogP contribution is -2.29. The molecule has 13 nitrogen and oxygen atoms in total. The van der Waals surface area contributed by atoms with Crippen LogP contribution >= 0.6 is 0 Å². The van der Waals surface area contributed by atoms with Crippen LogP contribution in [0, 0.1) is 0 Å². The van der Waals surface area contributed by atoms with Gasteiger partial charge in [-0.05, 0) is 51.4 Å². The Morgan fingerprint density at radius 1 is 1.05 bits per heavy atom. The number of carbonyl (C=O) groups excluding carboxylic acids is 2. The number of methoxy groups -OCH3 is 1. The Morgan fingerprint density at radius 2 is 1.84 bits per heavy atom. The molecule has 2 aromatic heterocycles. The lowest BCUT2D eigenvalue weighted by molar-refractivity contribution is -0.111. The number of benzene rings is 2. The molecule has 0 unspecified atom stereocenters. The third kappa shape index (κ3) is 7.69. The van der Waals surface area contributed by atoms with Crippen molar-refractivity contribution in [3.8, 4) is 11.4 Å². The number of aromatic nitrogens is 4. The monoisotopic (exact) mass is 599 g/mol. The van der Waals surface area contributed by atoms with Gasteiger partial charge in [0, 0.05) is 44.8 Å². The molecular weight excluding hydrogens is 562 g/mol. The second-order valence-corrected chi connectivity index (χ2v) is 9.88. The highest BCUT2D eigenvalue weighted by Gasteiger charge is 2.20. The molecule has 0 fully saturated rings. The maximum Gasteiger partial charge on any atom is 0.343 e. The molecule has 0 spiro atoms. The van der Waals surface area contributed by atoms with Gasteiger partial charge in [-0.25, -0.2) is 14.5 Å². The van der Waals surface area contributed by atoms with Gasteiger partial charge in [-0.15, -0.1) is 0 Å². The minimum Gasteiger partial charge on any atom is -0.494 e. The van der Waals surface area contributed by atoms with Gasteiger partial charge in [-0.2, -0.15) is 10.1 Å². The quantitative estimate of drug-likeness (QED) is 0.140. The number of hydrogen-bond donors (Lipinski definition) is 3. The molecule has 230 valence electrons. The van der Waals surface area contributed by atoms with Crippen molar-refractivity contribution in [2.24, 2.45) is 0 Å². The maximum atomic E-state index is 12.9. The lowest BCUT2D eigenvalue weighted by Gasteiger charge is -2.26. The number of likely N-dealkylation sites (N-methyl/N-ethyl adjacent to an activating group) is 2. The Bertz CT molecular complexity index is 1610. The molecule has 3 N–H and O–H groups in total. The Hall–Kier alpha value is -5.43. The van der Waals surface area contributed by atoms with Crippen LogP contribution in [-0.2, 0) is 9.53 Å². The molecule has 2 aromatic carbocycles. The Balaban J connectivity index is 1.74. The molecule has 44 heavy (non-hydrogen) atoms. The van der Waals surface area contributed by atoms with E-state index in [1.165, 1.54) is 12.3 Å². The van der Waals surface area contributed by atoms with Gasteiger partial charge < -0.3 is 35.2 Å². The SMILES string of the molecule is C=CC(=O)Nc1cc(Nc2ncc(C(=O)OCC)c(Nc3ccccc3-n3cccn3)n2)c(OC)cc1N(C)CCN(C)C. The van der Waals surface area contributed by atoms with Gasteiger partial charge in [-0.1, -0.05) is 18.7 Å². The summed E-state index contributed by atoms with van der Waals surface area (Å²) >= 11 is 0. The molecule has 2 heterocycles. The minimum absolute atomic E-state index is 0.149. The van der Waals surface area contributed by atoms with Crippen LogP contribution in [0.1, 0.15) is 17.3 Å². The van der Waals surface area contributed by atoms with Gasteiger partial charge in [0.1, 0.15) is 11.3 Å². The normalized spacial score (nSPS) is 10.7. The first-order chi connectivity index (χ1) is 21.2. The lowest BCUT2D eigenvalue weighted by atomic mass is 10.2. The number of amides is 1. The summed E-state index contributed by atoms with van der Waals surface area (Å²) in [5, 5.41) is 13.6. The highest BCUT2D eigenvalue weighted by Crippen LogP contribution is 2.38. The van der Waals surface area contributed by atoms with Gasteiger partial charge in [0.25, 0.3) is 0 Å². The van der Waals surface area contributed by atoms with Crippen LogP contribution in [0.15, 0.2) is 73.7 Å². The first kappa shape index (κ1) is 31.5. The third-order valence-electron chi connectivity index (χ3n) is 6.49. The molecule has 0 atom stereocenters. The van der Waals surface area contributed by atoms with Crippen molar-refractivity contribution >= 4 is 46.4 Å². The fourth-order valence-corrected chi connectivity index (χ4v) is 4.24. The molecule has 0 aliphatic carbocycles. The maximum absolute atomic E-state index is 12.9. The number of hydrogen-bond acceptors (Lipinski definition) is 11. The average Bonchev–Trinajstić information content (AvgIpc) is 3.55. The second kappa shape index (κ2) is 14.6. The molecule has 0 saturated heterocycles. The van der Waals surface area contributed by atoms with E-state index >= 15 is 0 Å². The molecule has 0 bridgehead atoms. The van der Waals surface area contributed by atoms with Crippen molar-refractivity contribution in [3.05, 3.63) is 79.3 Å². The Labute approximate surface area is 256 Å². The van der Waals surface area contributed by atoms with Gasteiger partial charge in [0.15, 0.2) is 5.82 Å². The number of nitrogens with one attached hydrogen (secondary N) is 3.